The number of benzene rings is 2. The molecule has 0 atom stereocenters. The number of hydrogen-bond acceptors (Lipinski definition) is 5. The van der Waals surface area contributed by atoms with Crippen molar-refractivity contribution in [3.63, 3.8) is 0 Å². The van der Waals surface area contributed by atoms with Crippen molar-refractivity contribution >= 4 is 22.9 Å². The summed E-state index contributed by atoms with van der Waals surface area (Å²) in [5, 5.41) is 0. The van der Waals surface area contributed by atoms with Crippen molar-refractivity contribution in [1.82, 2.24) is 0 Å². The van der Waals surface area contributed by atoms with E-state index in [0.29, 0.717) is 46.8 Å². The summed E-state index contributed by atoms with van der Waals surface area (Å²) in [5.41, 5.74) is 8.81. The van der Waals surface area contributed by atoms with Gasteiger partial charge in [-0.25, -0.2) is 0 Å². The second kappa shape index (κ2) is 4.98. The van der Waals surface area contributed by atoms with Crippen LogP contribution in [0.15, 0.2) is 48.9 Å². The van der Waals surface area contributed by atoms with Crippen LogP contribution in [-0.2, 0) is 4.74 Å². The molecular formula is C18H14N2O3. The number of nitrogens with two attached hydrogens (primary N) is 1. The lowest BCUT2D eigenvalue weighted by Gasteiger charge is -2.27. The van der Waals surface area contributed by atoms with Gasteiger partial charge in [-0.15, -0.1) is 0 Å². The third-order valence-electron chi connectivity index (χ3n) is 4.21. The third kappa shape index (κ3) is 1.93. The topological polar surface area (TPSA) is 72.6 Å². The van der Waals surface area contributed by atoms with Crippen LogP contribution in [0, 0.1) is 0 Å². The minimum absolute atomic E-state index is 0.161. The largest absolute Gasteiger partial charge is 0.498 e. The van der Waals surface area contributed by atoms with Gasteiger partial charge in [0.1, 0.15) is 6.61 Å². The second-order valence-electron chi connectivity index (χ2n) is 5.47. The molecule has 4 rings (SSSR count). The summed E-state index contributed by atoms with van der Waals surface area (Å²) in [4.78, 5) is 27.4. The Balaban J connectivity index is 1.90. The fourth-order valence-corrected chi connectivity index (χ4v) is 3.06. The van der Waals surface area contributed by atoms with Gasteiger partial charge in [-0.1, -0.05) is 24.3 Å². The van der Waals surface area contributed by atoms with Gasteiger partial charge in [0.05, 0.1) is 29.7 Å². The Labute approximate surface area is 133 Å². The number of anilines is 2. The van der Waals surface area contributed by atoms with Crippen LogP contribution in [0.3, 0.4) is 0 Å². The van der Waals surface area contributed by atoms with Crippen LogP contribution in [0.25, 0.3) is 0 Å². The molecule has 0 aromatic heterocycles. The first-order valence-corrected chi connectivity index (χ1v) is 7.34. The average molecular weight is 306 g/mol. The van der Waals surface area contributed by atoms with Crippen LogP contribution in [0.4, 0.5) is 11.4 Å². The molecule has 0 unspecified atom stereocenters. The summed E-state index contributed by atoms with van der Waals surface area (Å²) < 4.78 is 5.17. The van der Waals surface area contributed by atoms with Gasteiger partial charge in [-0.2, -0.15) is 0 Å². The summed E-state index contributed by atoms with van der Waals surface area (Å²) in [6.07, 6.45) is 3.36. The van der Waals surface area contributed by atoms with Crippen molar-refractivity contribution in [3.05, 3.63) is 71.1 Å². The Hall–Kier alpha value is -3.08. The lowest BCUT2D eigenvalue weighted by molar-refractivity contribution is 0.0980. The molecule has 0 spiro atoms. The Morgan fingerprint density at radius 1 is 0.957 bits per heavy atom. The number of carbonyl (C=O) groups excluding carboxylic acids is 2. The fourth-order valence-electron chi connectivity index (χ4n) is 3.06. The maximum absolute atomic E-state index is 12.8. The van der Waals surface area contributed by atoms with Crippen molar-refractivity contribution in [1.29, 1.82) is 0 Å². The van der Waals surface area contributed by atoms with Crippen LogP contribution < -0.4 is 10.6 Å². The zero-order valence-electron chi connectivity index (χ0n) is 12.3. The van der Waals surface area contributed by atoms with Gasteiger partial charge < -0.3 is 15.4 Å². The summed E-state index contributed by atoms with van der Waals surface area (Å²) >= 11 is 0. The Kier molecular flexibility index (Phi) is 2.94. The quantitative estimate of drug-likeness (QED) is 0.699. The molecule has 0 amide bonds. The molecule has 5 nitrogen and oxygen atoms in total. The lowest BCUT2D eigenvalue weighted by Crippen LogP contribution is -2.28. The molecule has 2 aromatic rings. The molecule has 114 valence electrons. The molecule has 23 heavy (non-hydrogen) atoms. The van der Waals surface area contributed by atoms with Gasteiger partial charge in [0, 0.05) is 22.9 Å². The van der Waals surface area contributed by atoms with Gasteiger partial charge >= 0.3 is 0 Å². The minimum Gasteiger partial charge on any atom is -0.498 e. The normalized spacial score (nSPS) is 15.9. The Bertz CT molecular complexity index is 871. The molecule has 0 saturated heterocycles. The molecule has 1 heterocycles. The molecule has 2 aromatic carbocycles. The summed E-state index contributed by atoms with van der Waals surface area (Å²) in [6, 6.07) is 10.3. The van der Waals surface area contributed by atoms with E-state index in [1.165, 1.54) is 0 Å². The minimum atomic E-state index is -0.202. The van der Waals surface area contributed by atoms with Crippen LogP contribution in [0.5, 0.6) is 0 Å². The highest BCUT2D eigenvalue weighted by atomic mass is 16.5. The summed E-state index contributed by atoms with van der Waals surface area (Å²) in [6.45, 7) is 1.18. The molecule has 0 saturated carbocycles. The lowest BCUT2D eigenvalue weighted by atomic mass is 9.83. The molecule has 2 aliphatic rings. The highest BCUT2D eigenvalue weighted by molar-refractivity contribution is 6.30. The van der Waals surface area contributed by atoms with Crippen molar-refractivity contribution in [2.24, 2.45) is 0 Å². The second-order valence-corrected chi connectivity index (χ2v) is 5.47. The summed E-state index contributed by atoms with van der Waals surface area (Å²) in [7, 11) is 0. The van der Waals surface area contributed by atoms with Gasteiger partial charge in [-0.05, 0) is 12.1 Å². The van der Waals surface area contributed by atoms with E-state index in [1.807, 2.05) is 4.90 Å². The van der Waals surface area contributed by atoms with E-state index >= 15 is 0 Å². The highest BCUT2D eigenvalue weighted by Crippen LogP contribution is 2.36. The van der Waals surface area contributed by atoms with Gasteiger partial charge in [0.15, 0.2) is 11.6 Å². The number of ether oxygens (including phenoxy) is 1. The van der Waals surface area contributed by atoms with Crippen molar-refractivity contribution in [3.8, 4) is 0 Å². The number of ketones is 2. The van der Waals surface area contributed by atoms with Crippen molar-refractivity contribution < 1.29 is 14.3 Å². The SMILES string of the molecule is Nc1c(N2C=COCC2)ccc2c1C(=O)c1ccccc1C2=O. The van der Waals surface area contributed by atoms with Gasteiger partial charge in [0.2, 0.25) is 0 Å². The number of hydrogen-bond donors (Lipinski definition) is 1. The van der Waals surface area contributed by atoms with Crippen molar-refractivity contribution in [2.75, 3.05) is 23.8 Å². The molecule has 0 fully saturated rings. The van der Waals surface area contributed by atoms with Crippen molar-refractivity contribution in [2.45, 2.75) is 0 Å². The maximum atomic E-state index is 12.8. The van der Waals surface area contributed by atoms with E-state index in [4.69, 9.17) is 10.5 Å². The van der Waals surface area contributed by atoms with E-state index in [9.17, 15) is 9.59 Å². The van der Waals surface area contributed by atoms with E-state index in [0.717, 1.165) is 0 Å². The Morgan fingerprint density at radius 3 is 2.39 bits per heavy atom. The third-order valence-corrected chi connectivity index (χ3v) is 4.21. The summed E-state index contributed by atoms with van der Waals surface area (Å²) in [5.74, 6) is -0.363. The fraction of sp³-hybridized carbons (Fsp3) is 0.111. The van der Waals surface area contributed by atoms with Crippen LogP contribution in [0.1, 0.15) is 31.8 Å². The predicted molar refractivity (Wildman–Crippen MR) is 86.6 cm³/mol. The molecule has 2 N–H and O–H groups in total. The Morgan fingerprint density at radius 2 is 1.70 bits per heavy atom. The molecule has 5 heteroatoms. The van der Waals surface area contributed by atoms with Crippen LogP contribution in [0.2, 0.25) is 0 Å². The molecule has 0 bridgehead atoms. The standard InChI is InChI=1S/C18H14N2O3/c19-16-14(20-7-9-23-10-8-20)6-5-13-15(16)18(22)12-4-2-1-3-11(12)17(13)21/h1-7,9H,8,10,19H2. The predicted octanol–water partition coefficient (Wildman–Crippen LogP) is 2.35. The monoisotopic (exact) mass is 306 g/mol. The van der Waals surface area contributed by atoms with E-state index < -0.39 is 0 Å². The van der Waals surface area contributed by atoms with Crippen LogP contribution >= 0.6 is 0 Å². The molecular weight excluding hydrogens is 292 g/mol. The van der Waals surface area contributed by atoms with E-state index in [1.54, 1.807) is 48.9 Å². The first-order chi connectivity index (χ1) is 11.2. The van der Waals surface area contributed by atoms with E-state index in [2.05, 4.69) is 0 Å². The van der Waals surface area contributed by atoms with Gasteiger partial charge in [-0.3, -0.25) is 9.59 Å². The zero-order valence-corrected chi connectivity index (χ0v) is 12.3. The first kappa shape index (κ1) is 13.6. The smallest absolute Gasteiger partial charge is 0.196 e. The number of carbonyl (C=O) groups is 2. The first-order valence-electron chi connectivity index (χ1n) is 7.34. The molecule has 1 aliphatic carbocycles. The molecule has 1 aliphatic heterocycles. The highest BCUT2D eigenvalue weighted by Gasteiger charge is 2.32. The molecule has 0 radical (unpaired) electrons. The zero-order chi connectivity index (χ0) is 16.0. The van der Waals surface area contributed by atoms with Gasteiger partial charge in [0.25, 0.3) is 0 Å². The van der Waals surface area contributed by atoms with E-state index in [-0.39, 0.29) is 11.6 Å². The van der Waals surface area contributed by atoms with Crippen LogP contribution in [-0.4, -0.2) is 24.7 Å². The number of nitrogens with zero attached hydrogens (tertiary/aromatic N) is 1. The maximum Gasteiger partial charge on any atom is 0.196 e. The number of nitrogen functional groups attached to an aromatic ring is 1. The average Bonchev–Trinajstić information content (AvgIpc) is 2.60. The number of rotatable bonds is 1. The number of fused-ring (bicyclic) bond motifs is 2.